The fraction of sp³-hybridized carbons (Fsp3) is 0.700. The molecule has 2 unspecified atom stereocenters. The minimum absolute atomic E-state index is 0.259. The number of hydrogen-bond donors (Lipinski definition) is 2. The molecule has 1 aliphatic carbocycles. The highest BCUT2D eigenvalue weighted by molar-refractivity contribution is 5.70. The highest BCUT2D eigenvalue weighted by Crippen LogP contribution is 2.24. The maximum atomic E-state index is 10.7. The van der Waals surface area contributed by atoms with E-state index in [1.54, 1.807) is 0 Å². The predicted octanol–water partition coefficient (Wildman–Crippen LogP) is 1.39. The van der Waals surface area contributed by atoms with Gasteiger partial charge in [0.05, 0.1) is 5.92 Å². The Hall–Kier alpha value is -0.830. The Morgan fingerprint density at radius 1 is 1.62 bits per heavy atom. The first kappa shape index (κ1) is 10.3. The van der Waals surface area contributed by atoms with Gasteiger partial charge in [-0.25, -0.2) is 0 Å². The summed E-state index contributed by atoms with van der Waals surface area (Å²) >= 11 is 0. The fourth-order valence-corrected chi connectivity index (χ4v) is 1.77. The van der Waals surface area contributed by atoms with Crippen molar-refractivity contribution >= 4 is 5.97 Å². The standard InChI is InChI=1S/C10H17NO2/c11-7-9(10(12)13)6-8-4-2-1-3-5-8/h1-2,8-9H,3-7,11H2,(H,12,13). The highest BCUT2D eigenvalue weighted by Gasteiger charge is 2.21. The van der Waals surface area contributed by atoms with E-state index < -0.39 is 5.97 Å². The summed E-state index contributed by atoms with van der Waals surface area (Å²) in [7, 11) is 0. The van der Waals surface area contributed by atoms with Crippen LogP contribution in [0, 0.1) is 11.8 Å². The number of rotatable bonds is 4. The third kappa shape index (κ3) is 3.19. The number of allylic oxidation sites excluding steroid dienone is 2. The van der Waals surface area contributed by atoms with E-state index in [0.717, 1.165) is 25.7 Å². The molecular formula is C10H17NO2. The third-order valence-electron chi connectivity index (χ3n) is 2.63. The molecule has 3 heteroatoms. The minimum Gasteiger partial charge on any atom is -0.481 e. The lowest BCUT2D eigenvalue weighted by Gasteiger charge is -2.20. The Kier molecular flexibility index (Phi) is 3.96. The molecule has 0 spiro atoms. The second-order valence-electron chi connectivity index (χ2n) is 3.66. The molecule has 3 N–H and O–H groups in total. The van der Waals surface area contributed by atoms with Crippen LogP contribution >= 0.6 is 0 Å². The predicted molar refractivity (Wildman–Crippen MR) is 51.3 cm³/mol. The zero-order valence-corrected chi connectivity index (χ0v) is 7.78. The normalized spacial score (nSPS) is 24.2. The summed E-state index contributed by atoms with van der Waals surface area (Å²) < 4.78 is 0. The van der Waals surface area contributed by atoms with Crippen molar-refractivity contribution in [3.8, 4) is 0 Å². The molecule has 0 aliphatic heterocycles. The van der Waals surface area contributed by atoms with Crippen LogP contribution < -0.4 is 5.73 Å². The van der Waals surface area contributed by atoms with Gasteiger partial charge in [0.25, 0.3) is 0 Å². The molecule has 0 aromatic heterocycles. The summed E-state index contributed by atoms with van der Waals surface area (Å²) in [4.78, 5) is 10.7. The molecule has 13 heavy (non-hydrogen) atoms. The lowest BCUT2D eigenvalue weighted by Crippen LogP contribution is -2.26. The van der Waals surface area contributed by atoms with Crippen LogP contribution in [0.3, 0.4) is 0 Å². The maximum Gasteiger partial charge on any atom is 0.307 e. The SMILES string of the molecule is NCC(CC1CC=CCC1)C(=O)O. The molecule has 0 saturated carbocycles. The number of hydrogen-bond acceptors (Lipinski definition) is 2. The monoisotopic (exact) mass is 183 g/mol. The maximum absolute atomic E-state index is 10.7. The van der Waals surface area contributed by atoms with Crippen LogP contribution in [0.15, 0.2) is 12.2 Å². The van der Waals surface area contributed by atoms with Crippen molar-refractivity contribution in [1.29, 1.82) is 0 Å². The van der Waals surface area contributed by atoms with E-state index in [0.29, 0.717) is 5.92 Å². The first-order valence-electron chi connectivity index (χ1n) is 4.82. The van der Waals surface area contributed by atoms with E-state index >= 15 is 0 Å². The van der Waals surface area contributed by atoms with Crippen LogP contribution in [-0.4, -0.2) is 17.6 Å². The smallest absolute Gasteiger partial charge is 0.307 e. The van der Waals surface area contributed by atoms with E-state index in [-0.39, 0.29) is 12.5 Å². The van der Waals surface area contributed by atoms with Crippen molar-refractivity contribution in [1.82, 2.24) is 0 Å². The summed E-state index contributed by atoms with van der Waals surface area (Å²) in [6.07, 6.45) is 8.25. The van der Waals surface area contributed by atoms with Gasteiger partial charge in [0.1, 0.15) is 0 Å². The Bertz CT molecular complexity index is 201. The van der Waals surface area contributed by atoms with Crippen LogP contribution in [0.5, 0.6) is 0 Å². The molecule has 0 saturated heterocycles. The summed E-state index contributed by atoms with van der Waals surface area (Å²) in [5.74, 6) is -0.580. The quantitative estimate of drug-likeness (QED) is 0.647. The summed E-state index contributed by atoms with van der Waals surface area (Å²) in [5, 5.41) is 8.81. The largest absolute Gasteiger partial charge is 0.481 e. The molecule has 1 rings (SSSR count). The molecule has 1 aliphatic rings. The molecule has 0 radical (unpaired) electrons. The van der Waals surface area contributed by atoms with Crippen LogP contribution in [-0.2, 0) is 4.79 Å². The molecule has 74 valence electrons. The molecule has 0 bridgehead atoms. The zero-order chi connectivity index (χ0) is 9.68. The topological polar surface area (TPSA) is 63.3 Å². The second-order valence-corrected chi connectivity index (χ2v) is 3.66. The molecule has 0 aromatic carbocycles. The Morgan fingerprint density at radius 2 is 2.38 bits per heavy atom. The lowest BCUT2D eigenvalue weighted by atomic mass is 9.86. The molecule has 0 heterocycles. The van der Waals surface area contributed by atoms with E-state index in [9.17, 15) is 4.79 Å². The number of nitrogens with two attached hydrogens (primary N) is 1. The van der Waals surface area contributed by atoms with E-state index in [1.807, 2.05) is 0 Å². The summed E-state index contributed by atoms with van der Waals surface area (Å²) in [6, 6.07) is 0. The first-order valence-corrected chi connectivity index (χ1v) is 4.82. The van der Waals surface area contributed by atoms with Crippen molar-refractivity contribution in [2.24, 2.45) is 17.6 Å². The summed E-state index contributed by atoms with van der Waals surface area (Å²) in [6.45, 7) is 0.259. The van der Waals surface area contributed by atoms with Crippen LogP contribution in [0.1, 0.15) is 25.7 Å². The molecule has 0 amide bonds. The third-order valence-corrected chi connectivity index (χ3v) is 2.63. The second kappa shape index (κ2) is 5.02. The minimum atomic E-state index is -0.753. The van der Waals surface area contributed by atoms with Gasteiger partial charge in [-0.15, -0.1) is 0 Å². The van der Waals surface area contributed by atoms with Crippen LogP contribution in [0.2, 0.25) is 0 Å². The zero-order valence-electron chi connectivity index (χ0n) is 7.78. The van der Waals surface area contributed by atoms with Gasteiger partial charge in [-0.2, -0.15) is 0 Å². The van der Waals surface area contributed by atoms with E-state index in [4.69, 9.17) is 10.8 Å². The van der Waals surface area contributed by atoms with Crippen LogP contribution in [0.4, 0.5) is 0 Å². The number of carboxylic acid groups (broad SMARTS) is 1. The average Bonchev–Trinajstić information content (AvgIpc) is 2.15. The fourth-order valence-electron chi connectivity index (χ4n) is 1.77. The average molecular weight is 183 g/mol. The van der Waals surface area contributed by atoms with E-state index in [1.165, 1.54) is 0 Å². The molecule has 3 nitrogen and oxygen atoms in total. The van der Waals surface area contributed by atoms with Gasteiger partial charge in [-0.3, -0.25) is 4.79 Å². The molecule has 2 atom stereocenters. The van der Waals surface area contributed by atoms with E-state index in [2.05, 4.69) is 12.2 Å². The molecule has 0 fully saturated rings. The Morgan fingerprint density at radius 3 is 2.85 bits per heavy atom. The van der Waals surface area contributed by atoms with Gasteiger partial charge >= 0.3 is 5.97 Å². The lowest BCUT2D eigenvalue weighted by molar-refractivity contribution is -0.142. The summed E-state index contributed by atoms with van der Waals surface area (Å²) in [5.41, 5.74) is 5.39. The Labute approximate surface area is 78.6 Å². The van der Waals surface area contributed by atoms with Crippen molar-refractivity contribution in [3.63, 3.8) is 0 Å². The molecule has 0 aromatic rings. The Balaban J connectivity index is 2.36. The van der Waals surface area contributed by atoms with Crippen LogP contribution in [0.25, 0.3) is 0 Å². The van der Waals surface area contributed by atoms with Crippen molar-refractivity contribution in [2.75, 3.05) is 6.54 Å². The van der Waals surface area contributed by atoms with Crippen molar-refractivity contribution < 1.29 is 9.90 Å². The van der Waals surface area contributed by atoms with Gasteiger partial charge in [0, 0.05) is 6.54 Å². The van der Waals surface area contributed by atoms with Gasteiger partial charge in [0.15, 0.2) is 0 Å². The van der Waals surface area contributed by atoms with Gasteiger partial charge < -0.3 is 10.8 Å². The number of aliphatic carboxylic acids is 1. The molecular weight excluding hydrogens is 166 g/mol. The van der Waals surface area contributed by atoms with Crippen molar-refractivity contribution in [2.45, 2.75) is 25.7 Å². The first-order chi connectivity index (χ1) is 6.24. The number of carbonyl (C=O) groups is 1. The van der Waals surface area contributed by atoms with Gasteiger partial charge in [-0.1, -0.05) is 12.2 Å². The highest BCUT2D eigenvalue weighted by atomic mass is 16.4. The number of carboxylic acids is 1. The van der Waals surface area contributed by atoms with Gasteiger partial charge in [-0.05, 0) is 31.6 Å². The van der Waals surface area contributed by atoms with Gasteiger partial charge in [0.2, 0.25) is 0 Å². The van der Waals surface area contributed by atoms with Crippen molar-refractivity contribution in [3.05, 3.63) is 12.2 Å².